The monoisotopic (exact) mass is 169 g/mol. The van der Waals surface area contributed by atoms with Gasteiger partial charge in [-0.05, 0) is 0 Å². The zero-order valence-corrected chi connectivity index (χ0v) is 4.89. The number of quaternary nitrogens is 1. The molecule has 0 unspecified atom stereocenters. The fourth-order valence-electron chi connectivity index (χ4n) is 0. The molecule has 0 aliphatic rings. The fraction of sp³-hybridized carbons (Fsp3) is 1.00. The predicted molar refractivity (Wildman–Crippen MR) is 37.2 cm³/mol. The van der Waals surface area contributed by atoms with Crippen molar-refractivity contribution in [3.8, 4) is 0 Å². The SMILES string of the molecule is C[N+](C)(C)C.[GeH4].[OH-]. The van der Waals surface area contributed by atoms with Crippen LogP contribution in [-0.2, 0) is 0 Å². The molecule has 0 aliphatic heterocycles. The normalized spacial score (nSPS) is 8.57. The maximum absolute atomic E-state index is 2.12. The molecular formula is C4H17GeNO. The van der Waals surface area contributed by atoms with Crippen LogP contribution >= 0.6 is 0 Å². The van der Waals surface area contributed by atoms with Crippen LogP contribution in [0.1, 0.15) is 0 Å². The first kappa shape index (κ1) is 15.7. The van der Waals surface area contributed by atoms with Gasteiger partial charge in [-0.2, -0.15) is 0 Å². The second-order valence-corrected chi connectivity index (χ2v) is 2.68. The molecule has 0 saturated heterocycles. The second kappa shape index (κ2) is 4.62. The summed E-state index contributed by atoms with van der Waals surface area (Å²) in [7, 11) is 8.50. The topological polar surface area (TPSA) is 30.0 Å². The van der Waals surface area contributed by atoms with E-state index in [2.05, 4.69) is 28.2 Å². The zero-order chi connectivity index (χ0) is 4.50. The van der Waals surface area contributed by atoms with E-state index in [-0.39, 0.29) is 23.1 Å². The summed E-state index contributed by atoms with van der Waals surface area (Å²) in [4.78, 5) is 0. The van der Waals surface area contributed by atoms with Crippen LogP contribution in [0.2, 0.25) is 0 Å². The Balaban J connectivity index is -0.0000000800. The van der Waals surface area contributed by atoms with E-state index < -0.39 is 0 Å². The summed E-state index contributed by atoms with van der Waals surface area (Å²) in [6.07, 6.45) is 0. The number of hydrogen-bond acceptors (Lipinski definition) is 1. The van der Waals surface area contributed by atoms with Crippen LogP contribution in [-0.4, -0.2) is 55.7 Å². The summed E-state index contributed by atoms with van der Waals surface area (Å²) in [5.41, 5.74) is 0. The Morgan fingerprint density at radius 2 is 0.857 bits per heavy atom. The molecule has 0 spiro atoms. The quantitative estimate of drug-likeness (QED) is 0.326. The standard InChI is InChI=1S/C4H12N.GeH4.H2O/c1-5(2,3)4;;/h1-4H3;1H4;1H2/q+1;;/p-1. The van der Waals surface area contributed by atoms with Gasteiger partial charge in [-0.25, -0.2) is 0 Å². The van der Waals surface area contributed by atoms with E-state index in [9.17, 15) is 0 Å². The average molecular weight is 168 g/mol. The molecule has 0 aromatic carbocycles. The summed E-state index contributed by atoms with van der Waals surface area (Å²) in [6.45, 7) is 0. The molecule has 2 nitrogen and oxygen atoms in total. The van der Waals surface area contributed by atoms with E-state index >= 15 is 0 Å². The maximum Gasteiger partial charge on any atom is -0.870 e. The van der Waals surface area contributed by atoms with Gasteiger partial charge in [-0.1, -0.05) is 0 Å². The van der Waals surface area contributed by atoms with E-state index in [1.807, 2.05) is 0 Å². The van der Waals surface area contributed by atoms with Gasteiger partial charge in [0, 0.05) is 0 Å². The van der Waals surface area contributed by atoms with Crippen molar-refractivity contribution in [1.82, 2.24) is 0 Å². The molecule has 0 aromatic rings. The van der Waals surface area contributed by atoms with Crippen LogP contribution in [0.15, 0.2) is 0 Å². The van der Waals surface area contributed by atoms with E-state index in [1.54, 1.807) is 0 Å². The Labute approximate surface area is 56.4 Å². The molecule has 0 aliphatic carbocycles. The summed E-state index contributed by atoms with van der Waals surface area (Å²) < 4.78 is 1.00. The average Bonchev–Trinajstić information content (AvgIpc) is 0.722. The summed E-state index contributed by atoms with van der Waals surface area (Å²) >= 11 is 0. The van der Waals surface area contributed by atoms with Crippen molar-refractivity contribution in [3.63, 3.8) is 0 Å². The van der Waals surface area contributed by atoms with Crippen molar-refractivity contribution in [3.05, 3.63) is 0 Å². The molecule has 0 aromatic heterocycles. The maximum atomic E-state index is 2.12. The first-order valence-corrected chi connectivity index (χ1v) is 1.79. The number of hydrogen-bond donors (Lipinski definition) is 0. The molecule has 0 heterocycles. The zero-order valence-electron chi connectivity index (χ0n) is 4.89. The first-order valence-electron chi connectivity index (χ1n) is 1.79. The van der Waals surface area contributed by atoms with Gasteiger partial charge in [-0.3, -0.25) is 0 Å². The van der Waals surface area contributed by atoms with Crippen LogP contribution in [0.25, 0.3) is 0 Å². The summed E-state index contributed by atoms with van der Waals surface area (Å²) in [5.74, 6) is 0. The van der Waals surface area contributed by atoms with E-state index in [4.69, 9.17) is 0 Å². The van der Waals surface area contributed by atoms with Crippen LogP contribution in [0.4, 0.5) is 0 Å². The van der Waals surface area contributed by atoms with E-state index in [0.29, 0.717) is 0 Å². The van der Waals surface area contributed by atoms with Gasteiger partial charge in [-0.15, -0.1) is 0 Å². The molecule has 0 amide bonds. The number of nitrogens with zero attached hydrogens (tertiary/aromatic N) is 1. The Morgan fingerprint density at radius 1 is 0.857 bits per heavy atom. The molecule has 0 rings (SSSR count). The Hall–Kier alpha value is 0.463. The Bertz CT molecular complexity index is 27.2. The smallest absolute Gasteiger partial charge is 0.870 e. The fourth-order valence-corrected chi connectivity index (χ4v) is 0. The molecule has 48 valence electrons. The van der Waals surface area contributed by atoms with E-state index in [0.717, 1.165) is 4.48 Å². The predicted octanol–water partition coefficient (Wildman–Crippen LogP) is -1.31. The Morgan fingerprint density at radius 3 is 0.857 bits per heavy atom. The minimum Gasteiger partial charge on any atom is -0.870 e. The van der Waals surface area contributed by atoms with Crippen molar-refractivity contribution in [2.24, 2.45) is 0 Å². The Kier molecular flexibility index (Phi) is 10.3. The summed E-state index contributed by atoms with van der Waals surface area (Å²) in [6, 6.07) is 0. The van der Waals surface area contributed by atoms with Gasteiger partial charge in [0.1, 0.15) is 0 Å². The van der Waals surface area contributed by atoms with Crippen molar-refractivity contribution >= 4 is 17.6 Å². The molecule has 3 heteroatoms. The second-order valence-electron chi connectivity index (χ2n) is 2.68. The van der Waals surface area contributed by atoms with Crippen molar-refractivity contribution < 1.29 is 9.96 Å². The minimum absolute atomic E-state index is 0. The molecule has 7 heavy (non-hydrogen) atoms. The van der Waals surface area contributed by atoms with Gasteiger partial charge in [0.05, 0.1) is 28.2 Å². The van der Waals surface area contributed by atoms with Crippen LogP contribution < -0.4 is 0 Å². The molecule has 0 fully saturated rings. The van der Waals surface area contributed by atoms with Gasteiger partial charge in [0.2, 0.25) is 0 Å². The van der Waals surface area contributed by atoms with Crippen molar-refractivity contribution in [2.75, 3.05) is 28.2 Å². The first-order chi connectivity index (χ1) is 2.00. The third kappa shape index (κ3) is 601. The molecule has 0 atom stereocenters. The van der Waals surface area contributed by atoms with Crippen molar-refractivity contribution in [1.29, 1.82) is 0 Å². The van der Waals surface area contributed by atoms with Crippen LogP contribution in [0.5, 0.6) is 0 Å². The molecule has 1 N–H and O–H groups in total. The third-order valence-corrected chi connectivity index (χ3v) is 0. The van der Waals surface area contributed by atoms with Crippen LogP contribution in [0, 0.1) is 0 Å². The third-order valence-electron chi connectivity index (χ3n) is 0. The van der Waals surface area contributed by atoms with Gasteiger partial charge in [0.25, 0.3) is 0 Å². The van der Waals surface area contributed by atoms with E-state index in [1.165, 1.54) is 0 Å². The molecule has 0 bridgehead atoms. The molecular weight excluding hydrogens is 151 g/mol. The largest absolute Gasteiger partial charge is 0.870 e. The minimum atomic E-state index is 0. The van der Waals surface area contributed by atoms with Gasteiger partial charge < -0.3 is 9.96 Å². The van der Waals surface area contributed by atoms with Crippen molar-refractivity contribution in [2.45, 2.75) is 0 Å². The molecule has 0 radical (unpaired) electrons. The number of rotatable bonds is 0. The van der Waals surface area contributed by atoms with Gasteiger partial charge >= 0.3 is 17.6 Å². The van der Waals surface area contributed by atoms with Gasteiger partial charge in [0.15, 0.2) is 0 Å². The summed E-state index contributed by atoms with van der Waals surface area (Å²) in [5, 5.41) is 0. The molecule has 0 saturated carbocycles. The van der Waals surface area contributed by atoms with Crippen LogP contribution in [0.3, 0.4) is 0 Å².